The largest absolute Gasteiger partial charge is 0.456 e. The molecule has 0 saturated carbocycles. The number of rotatable bonds is 4. The van der Waals surface area contributed by atoms with E-state index in [1.54, 1.807) is 6.07 Å². The summed E-state index contributed by atoms with van der Waals surface area (Å²) in [5, 5.41) is 28.3. The summed E-state index contributed by atoms with van der Waals surface area (Å²) >= 11 is 0. The highest BCUT2D eigenvalue weighted by Crippen LogP contribution is 2.18. The van der Waals surface area contributed by atoms with Gasteiger partial charge in [0.1, 0.15) is 30.7 Å². The molecule has 1 saturated heterocycles. The first-order chi connectivity index (χ1) is 8.61. The van der Waals surface area contributed by atoms with Crippen molar-refractivity contribution < 1.29 is 34.0 Å². The minimum atomic E-state index is -1.34. The van der Waals surface area contributed by atoms with Crippen molar-refractivity contribution in [3.8, 4) is 0 Å². The van der Waals surface area contributed by atoms with Crippen molar-refractivity contribution in [2.24, 2.45) is 0 Å². The van der Waals surface area contributed by atoms with Gasteiger partial charge in [-0.2, -0.15) is 0 Å². The quantitative estimate of drug-likeness (QED) is 0.597. The van der Waals surface area contributed by atoms with Crippen molar-refractivity contribution in [3.05, 3.63) is 23.7 Å². The minimum absolute atomic E-state index is 0.0155. The van der Waals surface area contributed by atoms with E-state index in [2.05, 4.69) is 0 Å². The molecule has 1 fully saturated rings. The SMILES string of the molecule is O=Cc1ccc(CO[C@@H]2OC[C@@H](O)[C@H](O)[C@H]2O)o1. The molecule has 1 aromatic heterocycles. The van der Waals surface area contributed by atoms with Gasteiger partial charge in [-0.1, -0.05) is 0 Å². The van der Waals surface area contributed by atoms with Crippen LogP contribution in [0.1, 0.15) is 16.3 Å². The molecular weight excluding hydrogens is 244 g/mol. The molecule has 0 aliphatic carbocycles. The molecule has 7 heteroatoms. The lowest BCUT2D eigenvalue weighted by atomic mass is 10.1. The van der Waals surface area contributed by atoms with Crippen LogP contribution in [0.2, 0.25) is 0 Å². The van der Waals surface area contributed by atoms with Crippen LogP contribution in [0.5, 0.6) is 0 Å². The molecular formula is C11H14O7. The second-order valence-electron chi connectivity index (χ2n) is 3.98. The zero-order valence-electron chi connectivity index (χ0n) is 9.43. The van der Waals surface area contributed by atoms with Crippen molar-refractivity contribution in [1.82, 2.24) is 0 Å². The van der Waals surface area contributed by atoms with Crippen molar-refractivity contribution >= 4 is 6.29 Å². The maximum Gasteiger partial charge on any atom is 0.186 e. The molecule has 18 heavy (non-hydrogen) atoms. The monoisotopic (exact) mass is 258 g/mol. The Bertz CT molecular complexity index is 402. The fraction of sp³-hybridized carbons (Fsp3) is 0.545. The molecule has 0 amide bonds. The third kappa shape index (κ3) is 2.77. The molecule has 0 radical (unpaired) electrons. The van der Waals surface area contributed by atoms with E-state index in [9.17, 15) is 20.1 Å². The topological polar surface area (TPSA) is 109 Å². The molecule has 0 bridgehead atoms. The predicted molar refractivity (Wildman–Crippen MR) is 56.6 cm³/mol. The van der Waals surface area contributed by atoms with Gasteiger partial charge in [-0.05, 0) is 12.1 Å². The summed E-state index contributed by atoms with van der Waals surface area (Å²) in [5.41, 5.74) is 0. The van der Waals surface area contributed by atoms with Gasteiger partial charge in [0.2, 0.25) is 0 Å². The molecule has 1 aliphatic heterocycles. The van der Waals surface area contributed by atoms with E-state index in [0.29, 0.717) is 12.0 Å². The molecule has 1 aromatic rings. The Morgan fingerprint density at radius 1 is 1.33 bits per heavy atom. The number of aliphatic hydroxyl groups excluding tert-OH is 3. The van der Waals surface area contributed by atoms with Crippen molar-refractivity contribution in [1.29, 1.82) is 0 Å². The average Bonchev–Trinajstić information content (AvgIpc) is 2.83. The van der Waals surface area contributed by atoms with Gasteiger partial charge >= 0.3 is 0 Å². The van der Waals surface area contributed by atoms with Gasteiger partial charge < -0.3 is 29.2 Å². The number of aliphatic hydroxyl groups is 3. The van der Waals surface area contributed by atoms with E-state index in [-0.39, 0.29) is 19.0 Å². The molecule has 0 aromatic carbocycles. The predicted octanol–water partition coefficient (Wildman–Crippen LogP) is -0.952. The standard InChI is InChI=1S/C11H14O7/c12-3-6-1-2-7(18-6)4-16-11-10(15)9(14)8(13)5-17-11/h1-3,8-11,13-15H,4-5H2/t8-,9+,10-,11-/m1/s1. The lowest BCUT2D eigenvalue weighted by Crippen LogP contribution is -2.53. The molecule has 4 atom stereocenters. The van der Waals surface area contributed by atoms with Gasteiger partial charge in [0.25, 0.3) is 0 Å². The molecule has 7 nitrogen and oxygen atoms in total. The summed E-state index contributed by atoms with van der Waals surface area (Å²) < 4.78 is 15.3. The summed E-state index contributed by atoms with van der Waals surface area (Å²) in [5.74, 6) is 0.572. The zero-order chi connectivity index (χ0) is 13.1. The van der Waals surface area contributed by atoms with Crippen LogP contribution in [0, 0.1) is 0 Å². The minimum Gasteiger partial charge on any atom is -0.456 e. The van der Waals surface area contributed by atoms with E-state index in [1.165, 1.54) is 6.07 Å². The first-order valence-corrected chi connectivity index (χ1v) is 5.43. The molecule has 2 heterocycles. The lowest BCUT2D eigenvalue weighted by Gasteiger charge is -2.34. The van der Waals surface area contributed by atoms with Crippen molar-refractivity contribution in [3.63, 3.8) is 0 Å². The summed E-state index contributed by atoms with van der Waals surface area (Å²) in [6.07, 6.45) is -4.27. The van der Waals surface area contributed by atoms with Crippen LogP contribution in [-0.2, 0) is 16.1 Å². The first-order valence-electron chi connectivity index (χ1n) is 5.43. The van der Waals surface area contributed by atoms with Gasteiger partial charge in [-0.25, -0.2) is 0 Å². The number of hydrogen-bond acceptors (Lipinski definition) is 7. The maximum absolute atomic E-state index is 10.4. The fourth-order valence-electron chi connectivity index (χ4n) is 1.63. The Labute approximate surface area is 103 Å². The zero-order valence-corrected chi connectivity index (χ0v) is 9.43. The highest BCUT2D eigenvalue weighted by molar-refractivity contribution is 5.70. The molecule has 0 spiro atoms. The molecule has 2 rings (SSSR count). The normalized spacial score (nSPS) is 32.4. The summed E-state index contributed by atoms with van der Waals surface area (Å²) in [7, 11) is 0. The van der Waals surface area contributed by atoms with Crippen molar-refractivity contribution in [2.75, 3.05) is 6.61 Å². The van der Waals surface area contributed by atoms with E-state index in [4.69, 9.17) is 13.9 Å². The molecule has 1 aliphatic rings. The maximum atomic E-state index is 10.4. The Morgan fingerprint density at radius 3 is 2.78 bits per heavy atom. The highest BCUT2D eigenvalue weighted by atomic mass is 16.7. The van der Waals surface area contributed by atoms with Crippen LogP contribution in [0.4, 0.5) is 0 Å². The van der Waals surface area contributed by atoms with E-state index in [1.807, 2.05) is 0 Å². The van der Waals surface area contributed by atoms with Gasteiger partial charge in [-0.3, -0.25) is 4.79 Å². The Morgan fingerprint density at radius 2 is 2.11 bits per heavy atom. The summed E-state index contributed by atoms with van der Waals surface area (Å²) in [6.45, 7) is -0.140. The van der Waals surface area contributed by atoms with Gasteiger partial charge in [0, 0.05) is 0 Å². The number of carbonyl (C=O) groups excluding carboxylic acids is 1. The number of ether oxygens (including phenoxy) is 2. The van der Waals surface area contributed by atoms with Crippen LogP contribution in [0.25, 0.3) is 0 Å². The number of aldehydes is 1. The Balaban J connectivity index is 1.88. The van der Waals surface area contributed by atoms with Crippen molar-refractivity contribution in [2.45, 2.75) is 31.2 Å². The van der Waals surface area contributed by atoms with Gasteiger partial charge in [0.05, 0.1) is 6.61 Å². The first kappa shape index (κ1) is 13.2. The highest BCUT2D eigenvalue weighted by Gasteiger charge is 2.38. The third-order valence-electron chi connectivity index (χ3n) is 2.64. The number of carbonyl (C=O) groups is 1. The van der Waals surface area contributed by atoms with Crippen LogP contribution >= 0.6 is 0 Å². The molecule has 3 N–H and O–H groups in total. The van der Waals surface area contributed by atoms with Crippen LogP contribution in [0.15, 0.2) is 16.5 Å². The molecule has 100 valence electrons. The summed E-state index contributed by atoms with van der Waals surface area (Å²) in [6, 6.07) is 3.05. The van der Waals surface area contributed by atoms with E-state index >= 15 is 0 Å². The van der Waals surface area contributed by atoms with Crippen LogP contribution in [0.3, 0.4) is 0 Å². The van der Waals surface area contributed by atoms with Crippen LogP contribution in [-0.4, -0.2) is 52.8 Å². The molecule has 0 unspecified atom stereocenters. The van der Waals surface area contributed by atoms with Gasteiger partial charge in [-0.15, -0.1) is 0 Å². The Hall–Kier alpha value is -1.25. The fourth-order valence-corrected chi connectivity index (χ4v) is 1.63. The van der Waals surface area contributed by atoms with Gasteiger partial charge in [0.15, 0.2) is 18.3 Å². The van der Waals surface area contributed by atoms with Crippen LogP contribution < -0.4 is 0 Å². The van der Waals surface area contributed by atoms with E-state index in [0.717, 1.165) is 0 Å². The average molecular weight is 258 g/mol. The number of hydrogen-bond donors (Lipinski definition) is 3. The smallest absolute Gasteiger partial charge is 0.186 e. The third-order valence-corrected chi connectivity index (χ3v) is 2.64. The lowest BCUT2D eigenvalue weighted by molar-refractivity contribution is -0.274. The summed E-state index contributed by atoms with van der Waals surface area (Å²) in [4.78, 5) is 10.4. The second-order valence-corrected chi connectivity index (χ2v) is 3.98. The Kier molecular flexibility index (Phi) is 4.10. The second kappa shape index (κ2) is 5.59. The number of furan rings is 1. The van der Waals surface area contributed by atoms with E-state index < -0.39 is 24.6 Å².